The molecule has 250 valence electrons. The number of aromatic nitrogens is 2. The van der Waals surface area contributed by atoms with E-state index in [1.54, 1.807) is 0 Å². The first-order chi connectivity index (χ1) is 26.8. The minimum atomic E-state index is -0.564. The molecule has 0 N–H and O–H groups in total. The van der Waals surface area contributed by atoms with E-state index in [1.807, 2.05) is 0 Å². The van der Waals surface area contributed by atoms with Crippen LogP contribution in [0.4, 0.5) is 0 Å². The van der Waals surface area contributed by atoms with Gasteiger partial charge in [0.1, 0.15) is 0 Å². The first-order valence-electron chi connectivity index (χ1n) is 18.8. The number of para-hydroxylation sites is 1. The number of rotatable bonds is 2. The summed E-state index contributed by atoms with van der Waals surface area (Å²) in [6.07, 6.45) is 0. The van der Waals surface area contributed by atoms with Gasteiger partial charge in [-0.2, -0.15) is 0 Å². The summed E-state index contributed by atoms with van der Waals surface area (Å²) in [6.45, 7) is 0. The fourth-order valence-electron chi connectivity index (χ4n) is 10.4. The summed E-state index contributed by atoms with van der Waals surface area (Å²) in [5.41, 5.74) is 18.6. The van der Waals surface area contributed by atoms with Crippen LogP contribution in [0, 0.1) is 0 Å². The number of nitrogens with zero attached hydrogens (tertiary/aromatic N) is 2. The number of benzene rings is 8. The lowest BCUT2D eigenvalue weighted by atomic mass is 9.52. The van der Waals surface area contributed by atoms with Crippen LogP contribution in [-0.2, 0) is 10.8 Å². The second-order valence-corrected chi connectivity index (χ2v) is 14.8. The molecule has 1 heterocycles. The van der Waals surface area contributed by atoms with Gasteiger partial charge >= 0.3 is 0 Å². The molecule has 0 amide bonds. The summed E-state index contributed by atoms with van der Waals surface area (Å²) in [5.74, 6) is 0.727. The van der Waals surface area contributed by atoms with Crippen molar-refractivity contribution in [1.29, 1.82) is 0 Å². The normalized spacial score (nSPS) is 14.6. The van der Waals surface area contributed by atoms with Gasteiger partial charge in [-0.15, -0.1) is 0 Å². The molecule has 54 heavy (non-hydrogen) atoms. The molecule has 2 nitrogen and oxygen atoms in total. The first-order valence-corrected chi connectivity index (χ1v) is 18.8. The van der Waals surface area contributed by atoms with E-state index in [4.69, 9.17) is 9.97 Å². The predicted molar refractivity (Wildman–Crippen MR) is 219 cm³/mol. The van der Waals surface area contributed by atoms with Crippen LogP contribution in [-0.4, -0.2) is 9.97 Å². The Balaban J connectivity index is 1.25. The zero-order valence-corrected chi connectivity index (χ0v) is 29.4. The van der Waals surface area contributed by atoms with Gasteiger partial charge in [0, 0.05) is 16.5 Å². The molecule has 3 aliphatic rings. The Morgan fingerprint density at radius 3 is 1.28 bits per heavy atom. The van der Waals surface area contributed by atoms with Crippen molar-refractivity contribution in [2.45, 2.75) is 10.8 Å². The fourth-order valence-corrected chi connectivity index (χ4v) is 10.4. The first kappa shape index (κ1) is 29.7. The molecule has 8 aromatic carbocycles. The number of fused-ring (bicyclic) bond motifs is 17. The second-order valence-electron chi connectivity index (χ2n) is 14.8. The van der Waals surface area contributed by atoms with Crippen molar-refractivity contribution in [1.82, 2.24) is 9.97 Å². The highest BCUT2D eigenvalue weighted by molar-refractivity contribution is 5.96. The quantitative estimate of drug-likeness (QED) is 0.181. The van der Waals surface area contributed by atoms with Crippen LogP contribution in [0.1, 0.15) is 44.5 Å². The predicted octanol–water partition coefficient (Wildman–Crippen LogP) is 12.0. The molecule has 0 atom stereocenters. The highest BCUT2D eigenvalue weighted by atomic mass is 14.9. The Morgan fingerprint density at radius 2 is 0.722 bits per heavy atom. The van der Waals surface area contributed by atoms with Crippen LogP contribution in [0.2, 0.25) is 0 Å². The van der Waals surface area contributed by atoms with Crippen molar-refractivity contribution in [3.8, 4) is 44.9 Å². The third-order valence-electron chi connectivity index (χ3n) is 12.4. The van der Waals surface area contributed by atoms with E-state index in [1.165, 1.54) is 66.8 Å². The van der Waals surface area contributed by atoms with Crippen molar-refractivity contribution in [2.24, 2.45) is 0 Å². The van der Waals surface area contributed by atoms with E-state index in [0.29, 0.717) is 0 Å². The molecule has 0 unspecified atom stereocenters. The van der Waals surface area contributed by atoms with E-state index in [-0.39, 0.29) is 0 Å². The summed E-state index contributed by atoms with van der Waals surface area (Å²) >= 11 is 0. The molecule has 12 rings (SSSR count). The zero-order chi connectivity index (χ0) is 35.4. The molecular formula is C52H32N2. The fraction of sp³-hybridized carbons (Fsp3) is 0.0385. The van der Waals surface area contributed by atoms with E-state index in [0.717, 1.165) is 33.5 Å². The van der Waals surface area contributed by atoms with Crippen LogP contribution in [0.15, 0.2) is 194 Å². The van der Waals surface area contributed by atoms with Crippen molar-refractivity contribution >= 4 is 10.9 Å². The lowest BCUT2D eigenvalue weighted by Gasteiger charge is -2.49. The van der Waals surface area contributed by atoms with Gasteiger partial charge in [0.15, 0.2) is 5.82 Å². The van der Waals surface area contributed by atoms with Gasteiger partial charge in [0.25, 0.3) is 0 Å². The topological polar surface area (TPSA) is 25.8 Å². The lowest BCUT2D eigenvalue weighted by Crippen LogP contribution is -2.43. The third kappa shape index (κ3) is 3.60. The van der Waals surface area contributed by atoms with Gasteiger partial charge in [-0.3, -0.25) is 0 Å². The lowest BCUT2D eigenvalue weighted by molar-refractivity contribution is 0.633. The van der Waals surface area contributed by atoms with Gasteiger partial charge in [0.2, 0.25) is 0 Å². The highest BCUT2D eigenvalue weighted by Gasteiger charge is 2.58. The molecule has 0 saturated heterocycles. The maximum Gasteiger partial charge on any atom is 0.160 e. The van der Waals surface area contributed by atoms with E-state index in [2.05, 4.69) is 194 Å². The smallest absolute Gasteiger partial charge is 0.160 e. The summed E-state index contributed by atoms with van der Waals surface area (Å²) in [6, 6.07) is 71.5. The zero-order valence-electron chi connectivity index (χ0n) is 29.4. The van der Waals surface area contributed by atoms with Gasteiger partial charge in [0.05, 0.1) is 22.0 Å². The van der Waals surface area contributed by atoms with Crippen molar-refractivity contribution in [3.63, 3.8) is 0 Å². The standard InChI is InChI=1S/C52H32N2/c1-2-16-33(17-3-1)49-39-22-8-15-29-48(39)53-50(54-49)34-30-31-46-47(32-34)52(42-25-11-6-20-37(42)38-21-7-12-26-43(38)52)45-28-14-13-27-44(45)51(46)40-23-9-4-18-35(40)36-19-5-10-24-41(36)51/h1-32H. The molecule has 3 aliphatic carbocycles. The average Bonchev–Trinajstić information content (AvgIpc) is 3.71. The molecule has 0 aliphatic heterocycles. The molecule has 0 fully saturated rings. The number of hydrogen-bond donors (Lipinski definition) is 0. The minimum Gasteiger partial charge on any atom is -0.228 e. The SMILES string of the molecule is c1ccc(-c2nc(-c3ccc4c(c3)C3(c5ccccc5-c5ccccc53)c3ccccc3C43c4ccccc4-c4ccccc43)nc3ccccc23)cc1. The Bertz CT molecular complexity index is 2920. The van der Waals surface area contributed by atoms with Crippen LogP contribution >= 0.6 is 0 Å². The Kier molecular flexibility index (Phi) is 5.94. The monoisotopic (exact) mass is 684 g/mol. The molecule has 2 heteroatoms. The van der Waals surface area contributed by atoms with Crippen LogP contribution in [0.3, 0.4) is 0 Å². The third-order valence-corrected chi connectivity index (χ3v) is 12.4. The summed E-state index contributed by atoms with van der Waals surface area (Å²) in [4.78, 5) is 10.7. The average molecular weight is 685 g/mol. The molecule has 2 spiro atoms. The van der Waals surface area contributed by atoms with Gasteiger partial charge in [-0.1, -0.05) is 182 Å². The van der Waals surface area contributed by atoms with Crippen molar-refractivity contribution in [2.75, 3.05) is 0 Å². The van der Waals surface area contributed by atoms with Crippen LogP contribution in [0.5, 0.6) is 0 Å². The minimum absolute atomic E-state index is 0.519. The maximum atomic E-state index is 5.39. The molecule has 9 aromatic rings. The van der Waals surface area contributed by atoms with Gasteiger partial charge in [-0.05, 0) is 78.9 Å². The maximum absolute atomic E-state index is 5.39. The van der Waals surface area contributed by atoms with E-state index >= 15 is 0 Å². The molecule has 0 saturated carbocycles. The number of hydrogen-bond acceptors (Lipinski definition) is 2. The van der Waals surface area contributed by atoms with E-state index in [9.17, 15) is 0 Å². The Morgan fingerprint density at radius 1 is 0.296 bits per heavy atom. The van der Waals surface area contributed by atoms with Gasteiger partial charge in [-0.25, -0.2) is 9.97 Å². The van der Waals surface area contributed by atoms with Gasteiger partial charge < -0.3 is 0 Å². The molecular weight excluding hydrogens is 653 g/mol. The van der Waals surface area contributed by atoms with Crippen LogP contribution in [0.25, 0.3) is 55.8 Å². The molecule has 0 bridgehead atoms. The van der Waals surface area contributed by atoms with Crippen LogP contribution < -0.4 is 0 Å². The molecule has 1 aromatic heterocycles. The Labute approximate surface area is 314 Å². The molecule has 0 radical (unpaired) electrons. The van der Waals surface area contributed by atoms with E-state index < -0.39 is 10.8 Å². The Hall–Kier alpha value is -6.90. The van der Waals surface area contributed by atoms with Crippen molar-refractivity contribution in [3.05, 3.63) is 239 Å². The largest absolute Gasteiger partial charge is 0.228 e. The van der Waals surface area contributed by atoms with Crippen molar-refractivity contribution < 1.29 is 0 Å². The summed E-state index contributed by atoms with van der Waals surface area (Å²) < 4.78 is 0. The summed E-state index contributed by atoms with van der Waals surface area (Å²) in [7, 11) is 0. The second kappa shape index (κ2) is 10.8. The summed E-state index contributed by atoms with van der Waals surface area (Å²) in [5, 5.41) is 1.05. The highest BCUT2D eigenvalue weighted by Crippen LogP contribution is 2.67.